The Morgan fingerprint density at radius 3 is 2.12 bits per heavy atom. The van der Waals surface area contributed by atoms with Crippen LogP contribution in [0.15, 0.2) is 16.6 Å². The molecule has 0 saturated carbocycles. The smallest absolute Gasteiger partial charge is 0.207 e. The Bertz CT molecular complexity index is 422. The molecule has 1 atom stereocenters. The fourth-order valence-corrected chi connectivity index (χ4v) is 1.63. The minimum Gasteiger partial charge on any atom is -0.207 e. The Labute approximate surface area is 106 Å². The van der Waals surface area contributed by atoms with Crippen LogP contribution in [-0.2, 0) is 0 Å². The molecule has 17 heavy (non-hydrogen) atoms. The first-order valence-electron chi connectivity index (χ1n) is 4.12. The highest BCUT2D eigenvalue weighted by Crippen LogP contribution is 2.42. The summed E-state index contributed by atoms with van der Waals surface area (Å²) in [5.41, 5.74) is -1.02. The monoisotopic (exact) mass is 340 g/mol. The topological polar surface area (TPSA) is 0 Å². The van der Waals surface area contributed by atoms with E-state index in [2.05, 4.69) is 15.9 Å². The molecule has 0 aliphatic carbocycles. The van der Waals surface area contributed by atoms with Gasteiger partial charge in [-0.2, -0.15) is 8.78 Å². The maximum absolute atomic E-state index is 13.2. The van der Waals surface area contributed by atoms with Crippen molar-refractivity contribution in [1.82, 2.24) is 0 Å². The zero-order valence-corrected chi connectivity index (χ0v) is 10.2. The molecule has 0 saturated heterocycles. The molecule has 0 aliphatic heterocycles. The molecule has 1 rings (SSSR count). The van der Waals surface area contributed by atoms with Gasteiger partial charge in [0.15, 0.2) is 0 Å². The quantitative estimate of drug-likeness (QED) is 0.416. The van der Waals surface area contributed by atoms with Crippen molar-refractivity contribution in [2.75, 3.05) is 0 Å². The second kappa shape index (κ2) is 5.06. The van der Waals surface area contributed by atoms with Crippen molar-refractivity contribution >= 4 is 27.5 Å². The Kier molecular flexibility index (Phi) is 4.35. The molecule has 0 nitrogen and oxygen atoms in total. The molecule has 1 aromatic rings. The summed E-state index contributed by atoms with van der Waals surface area (Å²) in [7, 11) is 0. The maximum atomic E-state index is 13.2. The van der Waals surface area contributed by atoms with Crippen LogP contribution in [0.5, 0.6) is 0 Å². The molecule has 0 N–H and O–H groups in total. The van der Waals surface area contributed by atoms with Gasteiger partial charge in [-0.25, -0.2) is 17.6 Å². The first-order chi connectivity index (χ1) is 7.67. The van der Waals surface area contributed by atoms with E-state index in [1.54, 1.807) is 0 Å². The van der Waals surface area contributed by atoms with Crippen molar-refractivity contribution in [2.45, 2.75) is 17.7 Å². The largest absolute Gasteiger partial charge is 0.327 e. The third kappa shape index (κ3) is 2.88. The average Bonchev–Trinajstić information content (AvgIpc) is 2.22. The minimum absolute atomic E-state index is 0.317. The van der Waals surface area contributed by atoms with Gasteiger partial charge in [-0.05, 0) is 28.1 Å². The predicted octanol–water partition coefficient (Wildman–Crippen LogP) is 4.91. The van der Waals surface area contributed by atoms with E-state index in [0.29, 0.717) is 12.1 Å². The van der Waals surface area contributed by atoms with Crippen LogP contribution >= 0.6 is 27.5 Å². The van der Waals surface area contributed by atoms with E-state index in [1.165, 1.54) is 0 Å². The Morgan fingerprint density at radius 1 is 1.12 bits per heavy atom. The van der Waals surface area contributed by atoms with Crippen LogP contribution in [0.4, 0.5) is 26.3 Å². The van der Waals surface area contributed by atoms with Crippen molar-refractivity contribution in [1.29, 1.82) is 0 Å². The molecule has 0 fully saturated rings. The normalized spacial score (nSPS) is 14.2. The molecule has 0 aromatic heterocycles. The van der Waals surface area contributed by atoms with Gasteiger partial charge < -0.3 is 0 Å². The van der Waals surface area contributed by atoms with E-state index in [4.69, 9.17) is 11.6 Å². The summed E-state index contributed by atoms with van der Waals surface area (Å²) in [5.74, 6) is -7.02. The van der Waals surface area contributed by atoms with E-state index >= 15 is 0 Å². The van der Waals surface area contributed by atoms with Gasteiger partial charge in [0.2, 0.25) is 0 Å². The lowest BCUT2D eigenvalue weighted by atomic mass is 10.1. The van der Waals surface area contributed by atoms with Crippen molar-refractivity contribution in [2.24, 2.45) is 0 Å². The molecule has 96 valence electrons. The van der Waals surface area contributed by atoms with Crippen LogP contribution in [0.1, 0.15) is 10.9 Å². The van der Waals surface area contributed by atoms with Crippen molar-refractivity contribution in [3.8, 4) is 0 Å². The summed E-state index contributed by atoms with van der Waals surface area (Å²) < 4.78 is 75.6. The Morgan fingerprint density at radius 2 is 1.65 bits per heavy atom. The zero-order chi connectivity index (χ0) is 13.4. The lowest BCUT2D eigenvalue weighted by Gasteiger charge is -2.21. The Balaban J connectivity index is 3.21. The highest BCUT2D eigenvalue weighted by atomic mass is 79.9. The summed E-state index contributed by atoms with van der Waals surface area (Å²) in [6.45, 7) is 0. The number of benzene rings is 1. The van der Waals surface area contributed by atoms with Gasteiger partial charge in [0.1, 0.15) is 17.0 Å². The maximum Gasteiger partial charge on any atom is 0.327 e. The van der Waals surface area contributed by atoms with Crippen LogP contribution < -0.4 is 0 Å². The highest BCUT2D eigenvalue weighted by molar-refractivity contribution is 9.10. The van der Waals surface area contributed by atoms with Crippen LogP contribution in [0.2, 0.25) is 0 Å². The van der Waals surface area contributed by atoms with Gasteiger partial charge in [0.05, 0.1) is 4.47 Å². The van der Waals surface area contributed by atoms with Gasteiger partial charge in [-0.1, -0.05) is 0 Å². The summed E-state index contributed by atoms with van der Waals surface area (Å²) in [4.78, 5) is 0. The van der Waals surface area contributed by atoms with Crippen molar-refractivity contribution in [3.63, 3.8) is 0 Å². The number of hydrogen-bond acceptors (Lipinski definition) is 0. The van der Waals surface area contributed by atoms with E-state index in [-0.39, 0.29) is 4.47 Å². The zero-order valence-electron chi connectivity index (χ0n) is 7.83. The fraction of sp³-hybridized carbons (Fsp3) is 0.333. The van der Waals surface area contributed by atoms with Gasteiger partial charge in [0, 0.05) is 5.56 Å². The van der Waals surface area contributed by atoms with E-state index in [0.717, 1.165) is 0 Å². The molecule has 1 unspecified atom stereocenters. The average molecular weight is 341 g/mol. The first-order valence-corrected chi connectivity index (χ1v) is 5.35. The molecular weight excluding hydrogens is 337 g/mol. The Hall–Kier alpha value is -0.430. The molecule has 0 heterocycles. The molecular formula is C9H4BrClF6. The number of hydrogen-bond donors (Lipinski definition) is 0. The van der Waals surface area contributed by atoms with E-state index < -0.39 is 34.9 Å². The van der Waals surface area contributed by atoms with Crippen molar-refractivity contribution in [3.05, 3.63) is 33.8 Å². The standard InChI is InChI=1S/C9H4BrClF6/c10-4-2-5(12)3(1-6(4)13)7(11)9(16,17)8(14)15/h1-2,7-8H. The van der Waals surface area contributed by atoms with Crippen LogP contribution in [-0.4, -0.2) is 12.3 Å². The lowest BCUT2D eigenvalue weighted by Crippen LogP contribution is -2.32. The van der Waals surface area contributed by atoms with Gasteiger partial charge in [-0.3, -0.25) is 0 Å². The fourth-order valence-electron chi connectivity index (χ4n) is 1.05. The third-order valence-corrected chi connectivity index (χ3v) is 3.08. The first kappa shape index (κ1) is 14.6. The number of alkyl halides is 5. The second-order valence-electron chi connectivity index (χ2n) is 3.13. The van der Waals surface area contributed by atoms with Crippen LogP contribution in [0.25, 0.3) is 0 Å². The van der Waals surface area contributed by atoms with Crippen LogP contribution in [0.3, 0.4) is 0 Å². The van der Waals surface area contributed by atoms with Gasteiger partial charge in [0.25, 0.3) is 0 Å². The summed E-state index contributed by atoms with van der Waals surface area (Å²) in [6.07, 6.45) is -4.07. The molecule has 8 heteroatoms. The van der Waals surface area contributed by atoms with E-state index in [9.17, 15) is 26.3 Å². The summed E-state index contributed by atoms with van der Waals surface area (Å²) >= 11 is 7.69. The lowest BCUT2D eigenvalue weighted by molar-refractivity contribution is -0.131. The second-order valence-corrected chi connectivity index (χ2v) is 4.42. The van der Waals surface area contributed by atoms with E-state index in [1.807, 2.05) is 0 Å². The van der Waals surface area contributed by atoms with Gasteiger partial charge in [-0.15, -0.1) is 11.6 Å². The minimum atomic E-state index is -4.65. The molecule has 1 aromatic carbocycles. The molecule has 0 aliphatic rings. The molecule has 0 amide bonds. The number of halogens is 8. The molecule has 0 bridgehead atoms. The molecule has 0 spiro atoms. The molecule has 0 radical (unpaired) electrons. The summed E-state index contributed by atoms with van der Waals surface area (Å²) in [5, 5.41) is -2.65. The van der Waals surface area contributed by atoms with Gasteiger partial charge >= 0.3 is 12.3 Å². The highest BCUT2D eigenvalue weighted by Gasteiger charge is 2.49. The SMILES string of the molecule is Fc1cc(C(Cl)C(F)(F)C(F)F)c(F)cc1Br. The van der Waals surface area contributed by atoms with Crippen LogP contribution in [0, 0.1) is 11.6 Å². The third-order valence-electron chi connectivity index (χ3n) is 1.94. The van der Waals surface area contributed by atoms with Crippen molar-refractivity contribution < 1.29 is 26.3 Å². The number of rotatable bonds is 3. The summed E-state index contributed by atoms with van der Waals surface area (Å²) in [6, 6.07) is 0.898. The predicted molar refractivity (Wildman–Crippen MR) is 53.6 cm³/mol.